The monoisotopic (exact) mass is 260 g/mol. The van der Waals surface area contributed by atoms with Gasteiger partial charge in [0.05, 0.1) is 0 Å². The molecule has 1 fully saturated rings. The Kier molecular flexibility index (Phi) is 4.97. The molecule has 1 atom stereocenters. The second kappa shape index (κ2) is 6.71. The van der Waals surface area contributed by atoms with Crippen LogP contribution in [0.15, 0.2) is 18.2 Å². The summed E-state index contributed by atoms with van der Waals surface area (Å²) in [6, 6.07) is 5.97. The van der Waals surface area contributed by atoms with Crippen LogP contribution in [0, 0.1) is 19.8 Å². The minimum Gasteiger partial charge on any atom is -0.352 e. The highest BCUT2D eigenvalue weighted by Gasteiger charge is 2.13. The highest BCUT2D eigenvalue weighted by atomic mass is 16.1. The molecule has 1 amide bonds. The summed E-state index contributed by atoms with van der Waals surface area (Å²) >= 11 is 0. The van der Waals surface area contributed by atoms with Gasteiger partial charge in [0.2, 0.25) is 0 Å². The van der Waals surface area contributed by atoms with Crippen molar-refractivity contribution in [3.8, 4) is 0 Å². The fraction of sp³-hybridized carbons (Fsp3) is 0.562. The van der Waals surface area contributed by atoms with Gasteiger partial charge in [-0.15, -0.1) is 0 Å². The van der Waals surface area contributed by atoms with Crippen LogP contribution in [0.3, 0.4) is 0 Å². The molecule has 0 radical (unpaired) electrons. The average Bonchev–Trinajstić information content (AvgIpc) is 2.39. The minimum absolute atomic E-state index is 0.0567. The number of amides is 1. The zero-order valence-corrected chi connectivity index (χ0v) is 12.0. The fourth-order valence-corrected chi connectivity index (χ4v) is 2.72. The summed E-state index contributed by atoms with van der Waals surface area (Å²) in [6.07, 6.45) is 3.62. The van der Waals surface area contributed by atoms with Crippen molar-refractivity contribution in [1.29, 1.82) is 0 Å². The Bertz CT molecular complexity index is 436. The first-order valence-corrected chi connectivity index (χ1v) is 7.23. The van der Waals surface area contributed by atoms with Crippen molar-refractivity contribution in [3.05, 3.63) is 34.9 Å². The standard InChI is InChI=1S/C16H24N2O/c1-12-5-6-15(13(2)10-12)16(19)18-9-7-14-4-3-8-17-11-14/h5-6,10,14,17H,3-4,7-9,11H2,1-2H3,(H,18,19). The number of carbonyl (C=O) groups excluding carboxylic acids is 1. The van der Waals surface area contributed by atoms with Gasteiger partial charge in [-0.2, -0.15) is 0 Å². The Morgan fingerprint density at radius 2 is 2.26 bits per heavy atom. The molecular formula is C16H24N2O. The predicted molar refractivity (Wildman–Crippen MR) is 78.5 cm³/mol. The van der Waals surface area contributed by atoms with Crippen molar-refractivity contribution in [3.63, 3.8) is 0 Å². The van der Waals surface area contributed by atoms with E-state index in [1.165, 1.54) is 18.4 Å². The second-order valence-corrected chi connectivity index (χ2v) is 5.58. The van der Waals surface area contributed by atoms with E-state index in [0.29, 0.717) is 5.92 Å². The molecule has 1 saturated heterocycles. The van der Waals surface area contributed by atoms with Gasteiger partial charge in [-0.05, 0) is 63.7 Å². The van der Waals surface area contributed by atoms with Crippen LogP contribution in [0.5, 0.6) is 0 Å². The zero-order valence-electron chi connectivity index (χ0n) is 12.0. The molecule has 2 rings (SSSR count). The van der Waals surface area contributed by atoms with E-state index in [2.05, 4.69) is 16.7 Å². The Morgan fingerprint density at radius 1 is 1.42 bits per heavy atom. The molecule has 1 aromatic carbocycles. The minimum atomic E-state index is 0.0567. The average molecular weight is 260 g/mol. The topological polar surface area (TPSA) is 41.1 Å². The van der Waals surface area contributed by atoms with Gasteiger partial charge in [-0.3, -0.25) is 4.79 Å². The Balaban J connectivity index is 1.80. The highest BCUT2D eigenvalue weighted by Crippen LogP contribution is 2.14. The second-order valence-electron chi connectivity index (χ2n) is 5.58. The lowest BCUT2D eigenvalue weighted by molar-refractivity contribution is 0.0950. The van der Waals surface area contributed by atoms with Crippen molar-refractivity contribution in [1.82, 2.24) is 10.6 Å². The molecule has 0 bridgehead atoms. The molecule has 0 aromatic heterocycles. The predicted octanol–water partition coefficient (Wildman–Crippen LogP) is 2.42. The SMILES string of the molecule is Cc1ccc(C(=O)NCCC2CCCNC2)c(C)c1. The molecule has 3 nitrogen and oxygen atoms in total. The summed E-state index contributed by atoms with van der Waals surface area (Å²) in [6.45, 7) is 7.06. The smallest absolute Gasteiger partial charge is 0.251 e. The van der Waals surface area contributed by atoms with E-state index in [-0.39, 0.29) is 5.91 Å². The van der Waals surface area contributed by atoms with Crippen LogP contribution >= 0.6 is 0 Å². The van der Waals surface area contributed by atoms with Crippen molar-refractivity contribution in [2.75, 3.05) is 19.6 Å². The summed E-state index contributed by atoms with van der Waals surface area (Å²) in [4.78, 5) is 12.1. The quantitative estimate of drug-likeness (QED) is 0.873. The van der Waals surface area contributed by atoms with Gasteiger partial charge in [0, 0.05) is 12.1 Å². The first-order chi connectivity index (χ1) is 9.16. The lowest BCUT2D eigenvalue weighted by Crippen LogP contribution is -2.33. The molecule has 0 aliphatic carbocycles. The lowest BCUT2D eigenvalue weighted by atomic mass is 9.96. The molecule has 1 aliphatic rings. The number of hydrogen-bond acceptors (Lipinski definition) is 2. The van der Waals surface area contributed by atoms with E-state index in [1.54, 1.807) is 0 Å². The molecular weight excluding hydrogens is 236 g/mol. The molecule has 1 aromatic rings. The molecule has 19 heavy (non-hydrogen) atoms. The number of carbonyl (C=O) groups is 1. The number of rotatable bonds is 4. The zero-order chi connectivity index (χ0) is 13.7. The molecule has 3 heteroatoms. The van der Waals surface area contributed by atoms with E-state index < -0.39 is 0 Å². The van der Waals surface area contributed by atoms with E-state index in [0.717, 1.165) is 37.2 Å². The van der Waals surface area contributed by atoms with Crippen LogP contribution in [0.1, 0.15) is 40.7 Å². The van der Waals surface area contributed by atoms with E-state index in [9.17, 15) is 4.79 Å². The first-order valence-electron chi connectivity index (χ1n) is 7.23. The van der Waals surface area contributed by atoms with Crippen molar-refractivity contribution in [2.45, 2.75) is 33.1 Å². The molecule has 0 spiro atoms. The number of hydrogen-bond donors (Lipinski definition) is 2. The van der Waals surface area contributed by atoms with Gasteiger partial charge < -0.3 is 10.6 Å². The lowest BCUT2D eigenvalue weighted by Gasteiger charge is -2.22. The summed E-state index contributed by atoms with van der Waals surface area (Å²) in [5.74, 6) is 0.773. The largest absolute Gasteiger partial charge is 0.352 e. The number of benzene rings is 1. The van der Waals surface area contributed by atoms with Crippen LogP contribution in [0.25, 0.3) is 0 Å². The fourth-order valence-electron chi connectivity index (χ4n) is 2.72. The third kappa shape index (κ3) is 4.06. The van der Waals surface area contributed by atoms with Crippen LogP contribution in [-0.4, -0.2) is 25.5 Å². The van der Waals surface area contributed by atoms with Gasteiger partial charge in [-0.25, -0.2) is 0 Å². The molecule has 0 saturated carbocycles. The molecule has 1 unspecified atom stereocenters. The third-order valence-electron chi connectivity index (χ3n) is 3.86. The molecule has 1 aliphatic heterocycles. The van der Waals surface area contributed by atoms with E-state index in [4.69, 9.17) is 0 Å². The maximum Gasteiger partial charge on any atom is 0.251 e. The maximum absolute atomic E-state index is 12.1. The van der Waals surface area contributed by atoms with Gasteiger partial charge >= 0.3 is 0 Å². The Hall–Kier alpha value is -1.35. The normalized spacial score (nSPS) is 19.2. The molecule has 2 N–H and O–H groups in total. The van der Waals surface area contributed by atoms with Gasteiger partial charge in [0.25, 0.3) is 5.91 Å². The van der Waals surface area contributed by atoms with Crippen LogP contribution in [0.2, 0.25) is 0 Å². The number of nitrogens with one attached hydrogen (secondary N) is 2. The number of piperidine rings is 1. The van der Waals surface area contributed by atoms with Crippen LogP contribution < -0.4 is 10.6 Å². The van der Waals surface area contributed by atoms with Crippen LogP contribution in [-0.2, 0) is 0 Å². The number of aryl methyl sites for hydroxylation is 2. The summed E-state index contributed by atoms with van der Waals surface area (Å²) < 4.78 is 0. The van der Waals surface area contributed by atoms with E-state index in [1.807, 2.05) is 26.0 Å². The first kappa shape index (κ1) is 14.1. The van der Waals surface area contributed by atoms with Crippen molar-refractivity contribution in [2.24, 2.45) is 5.92 Å². The summed E-state index contributed by atoms with van der Waals surface area (Å²) in [5, 5.41) is 6.45. The third-order valence-corrected chi connectivity index (χ3v) is 3.86. The summed E-state index contributed by atoms with van der Waals surface area (Å²) in [5.41, 5.74) is 3.05. The van der Waals surface area contributed by atoms with Gasteiger partial charge in [0.1, 0.15) is 0 Å². The van der Waals surface area contributed by atoms with Gasteiger partial charge in [-0.1, -0.05) is 17.7 Å². The van der Waals surface area contributed by atoms with Crippen molar-refractivity contribution >= 4 is 5.91 Å². The highest BCUT2D eigenvalue weighted by molar-refractivity contribution is 5.95. The van der Waals surface area contributed by atoms with E-state index >= 15 is 0 Å². The molecule has 104 valence electrons. The summed E-state index contributed by atoms with van der Waals surface area (Å²) in [7, 11) is 0. The van der Waals surface area contributed by atoms with Crippen molar-refractivity contribution < 1.29 is 4.79 Å². The van der Waals surface area contributed by atoms with Crippen LogP contribution in [0.4, 0.5) is 0 Å². The Labute approximate surface area is 115 Å². The maximum atomic E-state index is 12.1. The molecule has 1 heterocycles. The van der Waals surface area contributed by atoms with Gasteiger partial charge in [0.15, 0.2) is 0 Å². The Morgan fingerprint density at radius 3 is 2.95 bits per heavy atom.